The summed E-state index contributed by atoms with van der Waals surface area (Å²) in [5, 5.41) is 5.60. The van der Waals surface area contributed by atoms with Gasteiger partial charge in [-0.25, -0.2) is 14.6 Å². The van der Waals surface area contributed by atoms with Gasteiger partial charge in [0.2, 0.25) is 0 Å². The molecule has 5 nitrogen and oxygen atoms in total. The molecule has 1 aromatic carbocycles. The molecular weight excluding hydrogens is 274 g/mol. The predicted octanol–water partition coefficient (Wildman–Crippen LogP) is 2.80. The first kappa shape index (κ1) is 12.1. The quantitative estimate of drug-likeness (QED) is 0.728. The van der Waals surface area contributed by atoms with E-state index in [1.165, 1.54) is 19.3 Å². The Kier molecular flexibility index (Phi) is 2.50. The van der Waals surface area contributed by atoms with Gasteiger partial charge >= 0.3 is 0 Å². The highest BCUT2D eigenvalue weighted by Gasteiger charge is 2.39. The van der Waals surface area contributed by atoms with Crippen LogP contribution in [0.3, 0.4) is 0 Å². The molecule has 0 spiro atoms. The summed E-state index contributed by atoms with van der Waals surface area (Å²) in [6.45, 7) is 1.13. The van der Waals surface area contributed by atoms with Crippen LogP contribution >= 0.6 is 0 Å². The average molecular weight is 291 g/mol. The van der Waals surface area contributed by atoms with Crippen molar-refractivity contribution in [3.8, 4) is 5.69 Å². The Labute approximate surface area is 128 Å². The molecule has 2 aliphatic rings. The van der Waals surface area contributed by atoms with Crippen molar-refractivity contribution in [1.82, 2.24) is 19.7 Å². The van der Waals surface area contributed by atoms with Gasteiger partial charge in [-0.05, 0) is 37.3 Å². The maximum atomic E-state index is 4.58. The van der Waals surface area contributed by atoms with E-state index in [1.807, 2.05) is 41.2 Å². The second-order valence-electron chi connectivity index (χ2n) is 6.31. The molecule has 3 aromatic rings. The first-order valence-corrected chi connectivity index (χ1v) is 7.91. The summed E-state index contributed by atoms with van der Waals surface area (Å²) >= 11 is 0. The number of para-hydroxylation sites is 1. The van der Waals surface area contributed by atoms with Crippen LogP contribution in [0.1, 0.15) is 19.3 Å². The highest BCUT2D eigenvalue weighted by Crippen LogP contribution is 2.41. The lowest BCUT2D eigenvalue weighted by molar-refractivity contribution is 0.551. The molecule has 0 N–H and O–H groups in total. The molecule has 1 aliphatic carbocycles. The van der Waals surface area contributed by atoms with Crippen molar-refractivity contribution >= 4 is 16.9 Å². The zero-order valence-electron chi connectivity index (χ0n) is 12.3. The summed E-state index contributed by atoms with van der Waals surface area (Å²) in [6.07, 6.45) is 7.56. The zero-order chi connectivity index (χ0) is 14.5. The number of hydrogen-bond donors (Lipinski definition) is 0. The molecule has 110 valence electrons. The predicted molar refractivity (Wildman–Crippen MR) is 85.1 cm³/mol. The third-order valence-electron chi connectivity index (χ3n) is 5.03. The van der Waals surface area contributed by atoms with Gasteiger partial charge in [-0.1, -0.05) is 18.2 Å². The van der Waals surface area contributed by atoms with E-state index in [1.54, 1.807) is 6.33 Å². The SMILES string of the molecule is c1ccc(-n2ncc3c(N4CC5CCC4C5)ncnc32)cc1. The van der Waals surface area contributed by atoms with E-state index in [2.05, 4.69) is 20.0 Å². The van der Waals surface area contributed by atoms with Crippen LogP contribution < -0.4 is 4.90 Å². The molecule has 2 bridgehead atoms. The van der Waals surface area contributed by atoms with Crippen molar-refractivity contribution in [2.75, 3.05) is 11.4 Å². The van der Waals surface area contributed by atoms with Crippen LogP contribution in [0, 0.1) is 5.92 Å². The Balaban J connectivity index is 1.64. The van der Waals surface area contributed by atoms with Crippen LogP contribution in [0.5, 0.6) is 0 Å². The minimum Gasteiger partial charge on any atom is -0.353 e. The van der Waals surface area contributed by atoms with Crippen molar-refractivity contribution in [1.29, 1.82) is 0 Å². The van der Waals surface area contributed by atoms with E-state index in [4.69, 9.17) is 0 Å². The second kappa shape index (κ2) is 4.53. The molecule has 0 amide bonds. The molecule has 0 radical (unpaired) electrons. The van der Waals surface area contributed by atoms with Gasteiger partial charge in [0.1, 0.15) is 12.1 Å². The monoisotopic (exact) mass is 291 g/mol. The van der Waals surface area contributed by atoms with Gasteiger partial charge in [-0.3, -0.25) is 0 Å². The maximum absolute atomic E-state index is 4.58. The molecule has 3 heterocycles. The number of nitrogens with zero attached hydrogens (tertiary/aromatic N) is 5. The fourth-order valence-electron chi connectivity index (χ4n) is 4.00. The van der Waals surface area contributed by atoms with Gasteiger partial charge in [0.05, 0.1) is 17.3 Å². The molecule has 22 heavy (non-hydrogen) atoms. The summed E-state index contributed by atoms with van der Waals surface area (Å²) in [5.74, 6) is 1.90. The molecule has 1 saturated carbocycles. The number of hydrogen-bond acceptors (Lipinski definition) is 4. The normalized spacial score (nSPS) is 23.5. The van der Waals surface area contributed by atoms with Crippen molar-refractivity contribution in [3.05, 3.63) is 42.9 Å². The number of rotatable bonds is 2. The Morgan fingerprint density at radius 3 is 2.73 bits per heavy atom. The molecule has 2 aromatic heterocycles. The molecule has 1 aliphatic heterocycles. The van der Waals surface area contributed by atoms with Gasteiger partial charge in [0, 0.05) is 12.6 Å². The van der Waals surface area contributed by atoms with E-state index in [-0.39, 0.29) is 0 Å². The first-order valence-electron chi connectivity index (χ1n) is 7.91. The first-order chi connectivity index (χ1) is 10.9. The third kappa shape index (κ3) is 1.68. The Hall–Kier alpha value is -2.43. The summed E-state index contributed by atoms with van der Waals surface area (Å²) in [7, 11) is 0. The van der Waals surface area contributed by atoms with Crippen molar-refractivity contribution in [3.63, 3.8) is 0 Å². The lowest BCUT2D eigenvalue weighted by Gasteiger charge is -2.28. The Morgan fingerprint density at radius 2 is 1.95 bits per heavy atom. The van der Waals surface area contributed by atoms with E-state index in [0.717, 1.165) is 35.0 Å². The molecule has 2 fully saturated rings. The van der Waals surface area contributed by atoms with E-state index >= 15 is 0 Å². The molecular formula is C17H17N5. The summed E-state index contributed by atoms with van der Waals surface area (Å²) < 4.78 is 1.90. The number of benzene rings is 1. The van der Waals surface area contributed by atoms with Crippen LogP contribution in [0.15, 0.2) is 42.9 Å². The van der Waals surface area contributed by atoms with Crippen molar-refractivity contribution < 1.29 is 0 Å². The van der Waals surface area contributed by atoms with Crippen LogP contribution in [-0.4, -0.2) is 32.3 Å². The zero-order valence-corrected chi connectivity index (χ0v) is 12.3. The highest BCUT2D eigenvalue weighted by atomic mass is 15.3. The number of fused-ring (bicyclic) bond motifs is 3. The van der Waals surface area contributed by atoms with Gasteiger partial charge in [-0.2, -0.15) is 5.10 Å². The lowest BCUT2D eigenvalue weighted by Crippen LogP contribution is -2.32. The van der Waals surface area contributed by atoms with E-state index in [0.29, 0.717) is 6.04 Å². The van der Waals surface area contributed by atoms with Gasteiger partial charge in [0.15, 0.2) is 5.65 Å². The van der Waals surface area contributed by atoms with Crippen LogP contribution in [-0.2, 0) is 0 Å². The molecule has 2 atom stereocenters. The summed E-state index contributed by atoms with van der Waals surface area (Å²) in [5.41, 5.74) is 1.92. The third-order valence-corrected chi connectivity index (χ3v) is 5.03. The molecule has 5 rings (SSSR count). The van der Waals surface area contributed by atoms with Gasteiger partial charge in [-0.15, -0.1) is 0 Å². The number of piperidine rings is 1. The fourth-order valence-corrected chi connectivity index (χ4v) is 4.00. The van der Waals surface area contributed by atoms with Gasteiger partial charge < -0.3 is 4.90 Å². The number of anilines is 1. The topological polar surface area (TPSA) is 46.8 Å². The summed E-state index contributed by atoms with van der Waals surface area (Å²) in [4.78, 5) is 11.5. The largest absolute Gasteiger partial charge is 0.353 e. The Morgan fingerprint density at radius 1 is 1.05 bits per heavy atom. The molecule has 1 saturated heterocycles. The van der Waals surface area contributed by atoms with Crippen molar-refractivity contribution in [2.24, 2.45) is 5.92 Å². The van der Waals surface area contributed by atoms with E-state index in [9.17, 15) is 0 Å². The minimum atomic E-state index is 0.656. The maximum Gasteiger partial charge on any atom is 0.168 e. The van der Waals surface area contributed by atoms with Crippen molar-refractivity contribution in [2.45, 2.75) is 25.3 Å². The molecule has 5 heteroatoms. The fraction of sp³-hybridized carbons (Fsp3) is 0.353. The second-order valence-corrected chi connectivity index (χ2v) is 6.31. The minimum absolute atomic E-state index is 0.656. The summed E-state index contributed by atoms with van der Waals surface area (Å²) in [6, 6.07) is 10.8. The standard InChI is InChI=1S/C17H17N5/c1-2-4-13(5-3-1)22-17-15(9-20-22)16(18-11-19-17)21-10-12-6-7-14(21)8-12/h1-5,9,11-12,14H,6-8,10H2. The van der Waals surface area contributed by atoms with Crippen LogP contribution in [0.2, 0.25) is 0 Å². The lowest BCUT2D eigenvalue weighted by atomic mass is 10.1. The van der Waals surface area contributed by atoms with Gasteiger partial charge in [0.25, 0.3) is 0 Å². The Bertz CT molecular complexity index is 825. The number of aromatic nitrogens is 4. The average Bonchev–Trinajstić information content (AvgIpc) is 3.30. The molecule has 2 unspecified atom stereocenters. The highest BCUT2D eigenvalue weighted by molar-refractivity contribution is 5.88. The van der Waals surface area contributed by atoms with Crippen LogP contribution in [0.4, 0.5) is 5.82 Å². The van der Waals surface area contributed by atoms with Crippen LogP contribution in [0.25, 0.3) is 16.7 Å². The smallest absolute Gasteiger partial charge is 0.168 e. The van der Waals surface area contributed by atoms with E-state index < -0.39 is 0 Å².